The molecule has 0 spiro atoms. The average Bonchev–Trinajstić information content (AvgIpc) is 3.25. The molecule has 0 radical (unpaired) electrons. The van der Waals surface area contributed by atoms with Crippen LogP contribution in [0.3, 0.4) is 0 Å². The molecular formula is C25H19N3O4. The molecule has 0 amide bonds. The molecule has 0 aliphatic rings. The number of aromatic nitrogens is 3. The Morgan fingerprint density at radius 2 is 1.19 bits per heavy atom. The van der Waals surface area contributed by atoms with Crippen molar-refractivity contribution in [1.29, 1.82) is 0 Å². The fourth-order valence-electron chi connectivity index (χ4n) is 2.90. The van der Waals surface area contributed by atoms with Crippen LogP contribution in [0.5, 0.6) is 17.2 Å². The molecule has 158 valence electrons. The normalized spacial score (nSPS) is 10.2. The molecule has 0 fully saturated rings. The number of nitrogens with zero attached hydrogens (tertiary/aromatic N) is 3. The molecule has 1 aromatic heterocycles. The standard InChI is InChI=1S/C13H10O3.C12H9N3O/c14-12-9-5-4-8-11(12)13(15)16-10-6-2-1-3-7-10;16-12-8-4-3-7-11(12)15-13-9-5-1-2-6-10(9)14-15/h1-9,14H;1-8,16H. The highest BCUT2D eigenvalue weighted by atomic mass is 16.5. The smallest absolute Gasteiger partial charge is 0.347 e. The van der Waals surface area contributed by atoms with E-state index in [1.54, 1.807) is 54.6 Å². The molecule has 1 heterocycles. The summed E-state index contributed by atoms with van der Waals surface area (Å²) in [7, 11) is 0. The third kappa shape index (κ3) is 4.73. The number of aromatic hydroxyl groups is 2. The van der Waals surface area contributed by atoms with Crippen molar-refractivity contribution >= 4 is 17.0 Å². The zero-order chi connectivity index (χ0) is 22.3. The van der Waals surface area contributed by atoms with Gasteiger partial charge >= 0.3 is 5.97 Å². The van der Waals surface area contributed by atoms with Crippen molar-refractivity contribution < 1.29 is 19.7 Å². The molecular weight excluding hydrogens is 406 g/mol. The highest BCUT2D eigenvalue weighted by Crippen LogP contribution is 2.21. The second-order valence-corrected chi connectivity index (χ2v) is 6.69. The number of carbonyl (C=O) groups excluding carboxylic acids is 1. The number of hydrogen-bond acceptors (Lipinski definition) is 6. The maximum Gasteiger partial charge on any atom is 0.347 e. The van der Waals surface area contributed by atoms with E-state index < -0.39 is 5.97 Å². The van der Waals surface area contributed by atoms with Crippen LogP contribution < -0.4 is 4.74 Å². The summed E-state index contributed by atoms with van der Waals surface area (Å²) in [5.74, 6) is -0.0220. The molecule has 5 rings (SSSR count). The van der Waals surface area contributed by atoms with Gasteiger partial charge in [-0.2, -0.15) is 0 Å². The van der Waals surface area contributed by atoms with Gasteiger partial charge in [0.25, 0.3) is 0 Å². The van der Waals surface area contributed by atoms with E-state index in [-0.39, 0.29) is 17.1 Å². The van der Waals surface area contributed by atoms with Crippen LogP contribution in [0.4, 0.5) is 0 Å². The van der Waals surface area contributed by atoms with Crippen molar-refractivity contribution in [2.45, 2.75) is 0 Å². The SMILES string of the molecule is O=C(Oc1ccccc1)c1ccccc1O.Oc1ccccc1-n1nc2ccccc2n1. The van der Waals surface area contributed by atoms with Crippen LogP contribution in [0, 0.1) is 0 Å². The van der Waals surface area contributed by atoms with Gasteiger partial charge in [-0.05, 0) is 48.5 Å². The molecule has 0 saturated carbocycles. The van der Waals surface area contributed by atoms with Gasteiger partial charge in [0, 0.05) is 0 Å². The zero-order valence-electron chi connectivity index (χ0n) is 16.9. The molecule has 7 heteroatoms. The van der Waals surface area contributed by atoms with E-state index >= 15 is 0 Å². The second-order valence-electron chi connectivity index (χ2n) is 6.69. The van der Waals surface area contributed by atoms with Crippen molar-refractivity contribution in [3.8, 4) is 22.9 Å². The van der Waals surface area contributed by atoms with E-state index in [2.05, 4.69) is 10.2 Å². The Bertz CT molecular complexity index is 1320. The maximum absolute atomic E-state index is 11.7. The minimum absolute atomic E-state index is 0.0802. The van der Waals surface area contributed by atoms with Crippen LogP contribution in [0.2, 0.25) is 0 Å². The highest BCUT2D eigenvalue weighted by Gasteiger charge is 2.12. The number of fused-ring (bicyclic) bond motifs is 1. The van der Waals surface area contributed by atoms with Crippen molar-refractivity contribution in [1.82, 2.24) is 15.0 Å². The Kier molecular flexibility index (Phi) is 6.08. The van der Waals surface area contributed by atoms with E-state index in [0.29, 0.717) is 11.4 Å². The number of esters is 1. The molecule has 0 aliphatic carbocycles. The minimum atomic E-state index is -0.565. The second kappa shape index (κ2) is 9.44. The molecule has 5 aromatic rings. The minimum Gasteiger partial charge on any atom is -0.507 e. The summed E-state index contributed by atoms with van der Waals surface area (Å²) in [5.41, 5.74) is 2.36. The van der Waals surface area contributed by atoms with Gasteiger partial charge in [0.15, 0.2) is 0 Å². The van der Waals surface area contributed by atoms with Crippen molar-refractivity contribution in [3.05, 3.63) is 109 Å². The van der Waals surface area contributed by atoms with Gasteiger partial charge < -0.3 is 14.9 Å². The predicted molar refractivity (Wildman–Crippen MR) is 120 cm³/mol. The van der Waals surface area contributed by atoms with Crippen LogP contribution in [0.15, 0.2) is 103 Å². The van der Waals surface area contributed by atoms with E-state index in [9.17, 15) is 15.0 Å². The summed E-state index contributed by atoms with van der Waals surface area (Å²) in [4.78, 5) is 13.1. The molecule has 0 unspecified atom stereocenters. The summed E-state index contributed by atoms with van der Waals surface area (Å²) in [6, 6.07) is 29.6. The zero-order valence-corrected chi connectivity index (χ0v) is 16.9. The lowest BCUT2D eigenvalue weighted by Crippen LogP contribution is -2.08. The Morgan fingerprint density at radius 3 is 1.81 bits per heavy atom. The number of hydrogen-bond donors (Lipinski definition) is 2. The van der Waals surface area contributed by atoms with Gasteiger partial charge in [0.05, 0.1) is 0 Å². The summed E-state index contributed by atoms with van der Waals surface area (Å²) in [6.45, 7) is 0. The summed E-state index contributed by atoms with van der Waals surface area (Å²) < 4.78 is 5.08. The van der Waals surface area contributed by atoms with Crippen molar-refractivity contribution in [2.24, 2.45) is 0 Å². The Balaban J connectivity index is 0.000000153. The quantitative estimate of drug-likeness (QED) is 0.320. The lowest BCUT2D eigenvalue weighted by Gasteiger charge is -2.04. The largest absolute Gasteiger partial charge is 0.507 e. The predicted octanol–water partition coefficient (Wildman–Crippen LogP) is 4.74. The number of benzene rings is 4. The lowest BCUT2D eigenvalue weighted by molar-refractivity contribution is 0.0731. The first kappa shape index (κ1) is 20.6. The van der Waals surface area contributed by atoms with Gasteiger partial charge in [0.2, 0.25) is 0 Å². The summed E-state index contributed by atoms with van der Waals surface area (Å²) in [5, 5.41) is 27.7. The number of para-hydroxylation sites is 4. The van der Waals surface area contributed by atoms with Gasteiger partial charge in [-0.25, -0.2) is 4.79 Å². The average molecular weight is 425 g/mol. The molecule has 0 bridgehead atoms. The Morgan fingerprint density at radius 1 is 0.656 bits per heavy atom. The fraction of sp³-hybridized carbons (Fsp3) is 0. The lowest BCUT2D eigenvalue weighted by atomic mass is 10.2. The van der Waals surface area contributed by atoms with Crippen LogP contribution in [-0.4, -0.2) is 31.2 Å². The van der Waals surface area contributed by atoms with Crippen LogP contribution in [0.25, 0.3) is 16.7 Å². The molecule has 32 heavy (non-hydrogen) atoms. The van der Waals surface area contributed by atoms with Crippen molar-refractivity contribution in [2.75, 3.05) is 0 Å². The van der Waals surface area contributed by atoms with Gasteiger partial charge in [0.1, 0.15) is 39.5 Å². The molecule has 0 saturated heterocycles. The molecule has 4 aromatic carbocycles. The summed E-state index contributed by atoms with van der Waals surface area (Å²) in [6.07, 6.45) is 0. The third-order valence-electron chi connectivity index (χ3n) is 4.46. The van der Waals surface area contributed by atoms with Gasteiger partial charge in [-0.3, -0.25) is 0 Å². The van der Waals surface area contributed by atoms with Crippen molar-refractivity contribution in [3.63, 3.8) is 0 Å². The molecule has 0 aliphatic heterocycles. The topological polar surface area (TPSA) is 97.5 Å². The fourth-order valence-corrected chi connectivity index (χ4v) is 2.90. The first-order valence-corrected chi connectivity index (χ1v) is 9.77. The van der Waals surface area contributed by atoms with Gasteiger partial charge in [-0.1, -0.05) is 54.6 Å². The number of carbonyl (C=O) groups is 1. The van der Waals surface area contributed by atoms with E-state index in [1.165, 1.54) is 16.9 Å². The van der Waals surface area contributed by atoms with E-state index in [4.69, 9.17) is 4.74 Å². The molecule has 2 N–H and O–H groups in total. The maximum atomic E-state index is 11.7. The highest BCUT2D eigenvalue weighted by molar-refractivity contribution is 5.93. The van der Waals surface area contributed by atoms with Gasteiger partial charge in [-0.15, -0.1) is 15.0 Å². The Hall–Kier alpha value is -4.65. The van der Waals surface area contributed by atoms with E-state index in [1.807, 2.05) is 36.4 Å². The van der Waals surface area contributed by atoms with Crippen LogP contribution >= 0.6 is 0 Å². The number of phenolic OH excluding ortho intramolecular Hbond substituents is 2. The molecule has 7 nitrogen and oxygen atoms in total. The van der Waals surface area contributed by atoms with E-state index in [0.717, 1.165) is 11.0 Å². The number of ether oxygens (including phenoxy) is 1. The summed E-state index contributed by atoms with van der Waals surface area (Å²) >= 11 is 0. The monoisotopic (exact) mass is 425 g/mol. The number of phenols is 2. The first-order valence-electron chi connectivity index (χ1n) is 9.77. The number of rotatable bonds is 3. The molecule has 0 atom stereocenters. The van der Waals surface area contributed by atoms with Crippen LogP contribution in [0.1, 0.15) is 10.4 Å². The van der Waals surface area contributed by atoms with Crippen LogP contribution in [-0.2, 0) is 0 Å². The Labute approximate surface area is 183 Å². The third-order valence-corrected chi connectivity index (χ3v) is 4.46. The first-order chi connectivity index (χ1) is 15.6.